The zero-order valence-electron chi connectivity index (χ0n) is 11.2. The van der Waals surface area contributed by atoms with Crippen LogP contribution >= 0.6 is 0 Å². The summed E-state index contributed by atoms with van der Waals surface area (Å²) in [6.45, 7) is 2.27. The van der Waals surface area contributed by atoms with Crippen molar-refractivity contribution in [1.82, 2.24) is 9.80 Å². The zero-order chi connectivity index (χ0) is 13.0. The molecular formula is C14H22N4. The SMILES string of the molecule is CN1CCC(N(C)C(N)=Nc2ccccc2)CC1. The average Bonchev–Trinajstić information content (AvgIpc) is 2.40. The van der Waals surface area contributed by atoms with Gasteiger partial charge in [-0.15, -0.1) is 0 Å². The summed E-state index contributed by atoms with van der Waals surface area (Å²) in [7, 11) is 4.20. The molecule has 98 valence electrons. The molecule has 0 spiro atoms. The summed E-state index contributed by atoms with van der Waals surface area (Å²) in [5.74, 6) is 0.607. The maximum atomic E-state index is 6.08. The molecule has 0 amide bonds. The molecule has 0 atom stereocenters. The first kappa shape index (κ1) is 12.9. The molecule has 1 aromatic carbocycles. The number of likely N-dealkylation sites (tertiary alicyclic amines) is 1. The molecule has 1 aromatic rings. The van der Waals surface area contributed by atoms with Crippen molar-refractivity contribution in [3.63, 3.8) is 0 Å². The molecule has 18 heavy (non-hydrogen) atoms. The molecule has 0 saturated carbocycles. The molecule has 1 fully saturated rings. The van der Waals surface area contributed by atoms with E-state index in [1.807, 2.05) is 37.4 Å². The van der Waals surface area contributed by atoms with E-state index in [9.17, 15) is 0 Å². The maximum Gasteiger partial charge on any atom is 0.196 e. The Hall–Kier alpha value is -1.55. The number of aliphatic imine (C=N–C) groups is 1. The van der Waals surface area contributed by atoms with Gasteiger partial charge in [-0.05, 0) is 45.1 Å². The fourth-order valence-electron chi connectivity index (χ4n) is 2.28. The predicted molar refractivity (Wildman–Crippen MR) is 76.0 cm³/mol. The molecule has 0 radical (unpaired) electrons. The van der Waals surface area contributed by atoms with Gasteiger partial charge >= 0.3 is 0 Å². The summed E-state index contributed by atoms with van der Waals surface area (Å²) < 4.78 is 0. The van der Waals surface area contributed by atoms with Gasteiger partial charge in [0.15, 0.2) is 5.96 Å². The number of piperidine rings is 1. The van der Waals surface area contributed by atoms with Crippen molar-refractivity contribution >= 4 is 11.6 Å². The van der Waals surface area contributed by atoms with Crippen LogP contribution in [-0.4, -0.2) is 49.0 Å². The highest BCUT2D eigenvalue weighted by Crippen LogP contribution is 2.15. The summed E-state index contributed by atoms with van der Waals surface area (Å²) >= 11 is 0. The molecule has 0 aromatic heterocycles. The van der Waals surface area contributed by atoms with E-state index in [-0.39, 0.29) is 0 Å². The molecule has 4 heteroatoms. The van der Waals surface area contributed by atoms with Crippen molar-refractivity contribution in [2.75, 3.05) is 27.2 Å². The van der Waals surface area contributed by atoms with Crippen molar-refractivity contribution in [1.29, 1.82) is 0 Å². The lowest BCUT2D eigenvalue weighted by Gasteiger charge is -2.35. The first-order valence-electron chi connectivity index (χ1n) is 6.47. The smallest absolute Gasteiger partial charge is 0.196 e. The largest absolute Gasteiger partial charge is 0.369 e. The third-order valence-electron chi connectivity index (χ3n) is 3.60. The number of para-hydroxylation sites is 1. The number of benzene rings is 1. The lowest BCUT2D eigenvalue weighted by molar-refractivity contribution is 0.191. The van der Waals surface area contributed by atoms with Crippen molar-refractivity contribution < 1.29 is 0 Å². The van der Waals surface area contributed by atoms with Crippen molar-refractivity contribution in [3.05, 3.63) is 30.3 Å². The molecule has 1 saturated heterocycles. The van der Waals surface area contributed by atoms with Crippen LogP contribution in [0.25, 0.3) is 0 Å². The van der Waals surface area contributed by atoms with Crippen LogP contribution < -0.4 is 5.73 Å². The first-order chi connectivity index (χ1) is 8.66. The van der Waals surface area contributed by atoms with Gasteiger partial charge in [-0.3, -0.25) is 0 Å². The van der Waals surface area contributed by atoms with E-state index >= 15 is 0 Å². The molecular weight excluding hydrogens is 224 g/mol. The topological polar surface area (TPSA) is 44.9 Å². The Kier molecular flexibility index (Phi) is 4.20. The molecule has 0 aliphatic carbocycles. The Labute approximate surface area is 109 Å². The number of hydrogen-bond donors (Lipinski definition) is 1. The van der Waals surface area contributed by atoms with Gasteiger partial charge in [-0.1, -0.05) is 18.2 Å². The van der Waals surface area contributed by atoms with Crippen LogP contribution in [0.4, 0.5) is 5.69 Å². The van der Waals surface area contributed by atoms with Crippen LogP contribution in [0.1, 0.15) is 12.8 Å². The number of nitrogens with zero attached hydrogens (tertiary/aromatic N) is 3. The molecule has 1 aliphatic rings. The van der Waals surface area contributed by atoms with E-state index in [4.69, 9.17) is 5.73 Å². The molecule has 2 N–H and O–H groups in total. The predicted octanol–water partition coefficient (Wildman–Crippen LogP) is 1.66. The van der Waals surface area contributed by atoms with Gasteiger partial charge in [0.2, 0.25) is 0 Å². The second-order valence-electron chi connectivity index (χ2n) is 4.95. The molecule has 2 rings (SSSR count). The summed E-state index contributed by atoms with van der Waals surface area (Å²) in [5, 5.41) is 0. The van der Waals surface area contributed by atoms with Gasteiger partial charge in [-0.25, -0.2) is 4.99 Å². The van der Waals surface area contributed by atoms with E-state index in [1.165, 1.54) is 0 Å². The average molecular weight is 246 g/mol. The summed E-state index contributed by atoms with van der Waals surface area (Å²) in [6, 6.07) is 10.4. The Morgan fingerprint density at radius 1 is 1.28 bits per heavy atom. The number of nitrogens with two attached hydrogens (primary N) is 1. The molecule has 1 heterocycles. The van der Waals surface area contributed by atoms with Crippen LogP contribution in [0.2, 0.25) is 0 Å². The summed E-state index contributed by atoms with van der Waals surface area (Å²) in [6.07, 6.45) is 2.30. The zero-order valence-corrected chi connectivity index (χ0v) is 11.2. The highest BCUT2D eigenvalue weighted by atomic mass is 15.3. The van der Waals surface area contributed by atoms with Crippen molar-refractivity contribution in [3.8, 4) is 0 Å². The van der Waals surface area contributed by atoms with Crippen molar-refractivity contribution in [2.45, 2.75) is 18.9 Å². The maximum absolute atomic E-state index is 6.08. The van der Waals surface area contributed by atoms with Gasteiger partial charge in [0.25, 0.3) is 0 Å². The summed E-state index contributed by atoms with van der Waals surface area (Å²) in [4.78, 5) is 8.93. The second kappa shape index (κ2) is 5.87. The van der Waals surface area contributed by atoms with Crippen LogP contribution in [-0.2, 0) is 0 Å². The third kappa shape index (κ3) is 3.23. The molecule has 0 bridgehead atoms. The second-order valence-corrected chi connectivity index (χ2v) is 4.95. The highest BCUT2D eigenvalue weighted by Gasteiger charge is 2.21. The van der Waals surface area contributed by atoms with Crippen molar-refractivity contribution in [2.24, 2.45) is 10.7 Å². The molecule has 4 nitrogen and oxygen atoms in total. The highest BCUT2D eigenvalue weighted by molar-refractivity contribution is 5.81. The Bertz CT molecular complexity index is 394. The number of rotatable bonds is 2. The minimum absolute atomic E-state index is 0.508. The summed E-state index contributed by atoms with van der Waals surface area (Å²) in [5.41, 5.74) is 6.99. The minimum atomic E-state index is 0.508. The van der Waals surface area contributed by atoms with Gasteiger partial charge in [0, 0.05) is 13.1 Å². The normalized spacial score (nSPS) is 18.9. The molecule has 1 aliphatic heterocycles. The van der Waals surface area contributed by atoms with E-state index in [1.54, 1.807) is 0 Å². The quantitative estimate of drug-likeness (QED) is 0.637. The van der Waals surface area contributed by atoms with Gasteiger partial charge < -0.3 is 15.5 Å². The number of hydrogen-bond acceptors (Lipinski definition) is 2. The monoisotopic (exact) mass is 246 g/mol. The van der Waals surface area contributed by atoms with E-state index in [2.05, 4.69) is 21.8 Å². The van der Waals surface area contributed by atoms with E-state index in [0.29, 0.717) is 12.0 Å². The molecule has 0 unspecified atom stereocenters. The van der Waals surface area contributed by atoms with Gasteiger partial charge in [0.1, 0.15) is 0 Å². The van der Waals surface area contributed by atoms with E-state index < -0.39 is 0 Å². The standard InChI is InChI=1S/C14H22N4/c1-17-10-8-13(9-11-17)18(2)14(15)16-12-6-4-3-5-7-12/h3-7,13H,8-11H2,1-2H3,(H2,15,16). The number of guanidine groups is 1. The lowest BCUT2D eigenvalue weighted by Crippen LogP contribution is -2.47. The van der Waals surface area contributed by atoms with Crippen LogP contribution in [0, 0.1) is 0 Å². The van der Waals surface area contributed by atoms with Gasteiger partial charge in [0.05, 0.1) is 5.69 Å². The minimum Gasteiger partial charge on any atom is -0.369 e. The lowest BCUT2D eigenvalue weighted by atomic mass is 10.0. The first-order valence-corrected chi connectivity index (χ1v) is 6.47. The van der Waals surface area contributed by atoms with Crippen LogP contribution in [0.15, 0.2) is 35.3 Å². The van der Waals surface area contributed by atoms with Gasteiger partial charge in [-0.2, -0.15) is 0 Å². The fourth-order valence-corrected chi connectivity index (χ4v) is 2.28. The van der Waals surface area contributed by atoms with Crippen LogP contribution in [0.3, 0.4) is 0 Å². The Balaban J connectivity index is 2.00. The Morgan fingerprint density at radius 3 is 2.50 bits per heavy atom. The van der Waals surface area contributed by atoms with Crippen LogP contribution in [0.5, 0.6) is 0 Å². The van der Waals surface area contributed by atoms with E-state index in [0.717, 1.165) is 31.6 Å². The Morgan fingerprint density at radius 2 is 1.89 bits per heavy atom. The third-order valence-corrected chi connectivity index (χ3v) is 3.60. The fraction of sp³-hybridized carbons (Fsp3) is 0.500.